The summed E-state index contributed by atoms with van der Waals surface area (Å²) in [6, 6.07) is 6.30. The Labute approximate surface area is 158 Å². The minimum absolute atomic E-state index is 0.0201. The number of aliphatic hydroxyl groups is 1. The summed E-state index contributed by atoms with van der Waals surface area (Å²) in [4.78, 5) is 26.8. The molecule has 2 heterocycles. The van der Waals surface area contributed by atoms with Crippen molar-refractivity contribution in [3.8, 4) is 5.75 Å². The Morgan fingerprint density at radius 1 is 1.30 bits per heavy atom. The van der Waals surface area contributed by atoms with Crippen LogP contribution in [0.2, 0.25) is 0 Å². The predicted octanol–water partition coefficient (Wildman–Crippen LogP) is 3.74. The molecule has 1 amide bonds. The molecule has 1 aliphatic heterocycles. The van der Waals surface area contributed by atoms with E-state index in [1.165, 1.54) is 18.3 Å². The number of aryl methyl sites for hydroxylation is 2. The van der Waals surface area contributed by atoms with Crippen LogP contribution in [0.15, 0.2) is 40.5 Å². The van der Waals surface area contributed by atoms with Gasteiger partial charge in [0.15, 0.2) is 0 Å². The maximum atomic E-state index is 12.8. The Bertz CT molecular complexity index is 911. The number of Topliss-reactive ketones (excluding diaryl/α,β-unsaturated/α-hetero) is 1. The number of nitrogens with zero attached hydrogens (tertiary/aromatic N) is 1. The molecule has 142 valence electrons. The Kier molecular flexibility index (Phi) is 5.08. The number of hydrogen-bond acceptors (Lipinski definition) is 5. The minimum Gasteiger partial charge on any atom is -0.507 e. The molecule has 0 aliphatic carbocycles. The lowest BCUT2D eigenvalue weighted by Gasteiger charge is -2.23. The highest BCUT2D eigenvalue weighted by Gasteiger charge is 2.47. The van der Waals surface area contributed by atoms with Gasteiger partial charge in [0, 0.05) is 6.54 Å². The summed E-state index contributed by atoms with van der Waals surface area (Å²) >= 11 is 0. The van der Waals surface area contributed by atoms with Gasteiger partial charge in [0.05, 0.1) is 24.5 Å². The van der Waals surface area contributed by atoms with Crippen LogP contribution in [0.1, 0.15) is 41.8 Å². The molecular weight excluding hydrogens is 346 g/mol. The molecule has 1 fully saturated rings. The molecule has 1 aromatic heterocycles. The monoisotopic (exact) mass is 369 g/mol. The van der Waals surface area contributed by atoms with Crippen molar-refractivity contribution in [3.05, 3.63) is 58.6 Å². The first kappa shape index (κ1) is 18.8. The van der Waals surface area contributed by atoms with Crippen molar-refractivity contribution in [1.82, 2.24) is 4.90 Å². The quantitative estimate of drug-likeness (QED) is 0.493. The van der Waals surface area contributed by atoms with Crippen molar-refractivity contribution in [1.29, 1.82) is 0 Å². The largest absolute Gasteiger partial charge is 0.507 e. The molecule has 1 saturated heterocycles. The molecule has 27 heavy (non-hydrogen) atoms. The van der Waals surface area contributed by atoms with Crippen molar-refractivity contribution in [2.45, 2.75) is 33.2 Å². The van der Waals surface area contributed by atoms with Crippen LogP contribution in [0.5, 0.6) is 5.75 Å². The van der Waals surface area contributed by atoms with Gasteiger partial charge in [0.1, 0.15) is 23.3 Å². The van der Waals surface area contributed by atoms with Crippen molar-refractivity contribution in [2.24, 2.45) is 0 Å². The maximum Gasteiger partial charge on any atom is 0.295 e. The number of likely N-dealkylation sites (tertiary alicyclic amines) is 1. The zero-order valence-electron chi connectivity index (χ0n) is 15.9. The van der Waals surface area contributed by atoms with Gasteiger partial charge in [-0.25, -0.2) is 0 Å². The average molecular weight is 369 g/mol. The minimum atomic E-state index is -0.759. The summed E-state index contributed by atoms with van der Waals surface area (Å²) in [6.07, 6.45) is 2.16. The van der Waals surface area contributed by atoms with Crippen LogP contribution in [0.3, 0.4) is 0 Å². The summed E-state index contributed by atoms with van der Waals surface area (Å²) in [5.41, 5.74) is 2.15. The number of methoxy groups -OCH3 is 1. The maximum absolute atomic E-state index is 12.8. The van der Waals surface area contributed by atoms with E-state index in [1.54, 1.807) is 18.2 Å². The van der Waals surface area contributed by atoms with E-state index in [2.05, 4.69) is 0 Å². The first-order chi connectivity index (χ1) is 12.9. The van der Waals surface area contributed by atoms with Gasteiger partial charge in [-0.15, -0.1) is 0 Å². The smallest absolute Gasteiger partial charge is 0.295 e. The molecule has 1 unspecified atom stereocenters. The summed E-state index contributed by atoms with van der Waals surface area (Å²) in [6.45, 7) is 6.06. The number of ether oxygens (including phenoxy) is 1. The van der Waals surface area contributed by atoms with Crippen molar-refractivity contribution >= 4 is 17.4 Å². The lowest BCUT2D eigenvalue weighted by molar-refractivity contribution is -0.140. The number of carbonyl (C=O) groups is 2. The molecule has 0 saturated carbocycles. The summed E-state index contributed by atoms with van der Waals surface area (Å²) in [5, 5.41) is 11.1. The van der Waals surface area contributed by atoms with E-state index in [1.807, 2.05) is 26.8 Å². The van der Waals surface area contributed by atoms with Gasteiger partial charge < -0.3 is 19.2 Å². The van der Waals surface area contributed by atoms with Gasteiger partial charge in [-0.3, -0.25) is 9.59 Å². The normalized spacial score (nSPS) is 19.0. The highest BCUT2D eigenvalue weighted by molar-refractivity contribution is 6.46. The molecule has 1 aromatic carbocycles. The van der Waals surface area contributed by atoms with E-state index in [0.29, 0.717) is 30.0 Å². The van der Waals surface area contributed by atoms with E-state index >= 15 is 0 Å². The number of hydrogen-bond donors (Lipinski definition) is 1. The first-order valence-corrected chi connectivity index (χ1v) is 8.88. The number of benzene rings is 1. The Balaban J connectivity index is 2.26. The average Bonchev–Trinajstić information content (AvgIpc) is 3.23. The third-order valence-corrected chi connectivity index (χ3v) is 4.70. The zero-order chi connectivity index (χ0) is 19.7. The lowest BCUT2D eigenvalue weighted by atomic mass is 9.96. The molecule has 3 rings (SSSR count). The van der Waals surface area contributed by atoms with E-state index in [4.69, 9.17) is 9.15 Å². The fourth-order valence-corrected chi connectivity index (χ4v) is 3.64. The van der Waals surface area contributed by atoms with E-state index < -0.39 is 17.7 Å². The molecule has 2 aromatic rings. The van der Waals surface area contributed by atoms with E-state index in [-0.39, 0.29) is 11.3 Å². The fourth-order valence-electron chi connectivity index (χ4n) is 3.64. The standard InChI is InChI=1S/C21H23NO5/c1-5-8-22-17(15-7-6-9-27-15)16(19(24)21(22)25)18(23)14-11-12(2)10-13(3)20(14)26-4/h6-7,9-11,17,23H,5,8H2,1-4H3/b18-16-. The number of ketones is 1. The molecule has 6 nitrogen and oxygen atoms in total. The molecule has 0 bridgehead atoms. The number of amides is 1. The van der Waals surface area contributed by atoms with Gasteiger partial charge in [-0.2, -0.15) is 0 Å². The van der Waals surface area contributed by atoms with Crippen LogP contribution in [-0.4, -0.2) is 35.4 Å². The number of carbonyl (C=O) groups excluding carboxylic acids is 2. The van der Waals surface area contributed by atoms with Crippen molar-refractivity contribution in [3.63, 3.8) is 0 Å². The van der Waals surface area contributed by atoms with E-state index in [0.717, 1.165) is 11.1 Å². The number of furan rings is 1. The summed E-state index contributed by atoms with van der Waals surface area (Å²) < 4.78 is 10.9. The van der Waals surface area contributed by atoms with Crippen LogP contribution in [0.25, 0.3) is 5.76 Å². The fraction of sp³-hybridized carbons (Fsp3) is 0.333. The van der Waals surface area contributed by atoms with Gasteiger partial charge >= 0.3 is 0 Å². The first-order valence-electron chi connectivity index (χ1n) is 8.88. The summed E-state index contributed by atoms with van der Waals surface area (Å²) in [5.74, 6) is -0.700. The van der Waals surface area contributed by atoms with Gasteiger partial charge in [0.25, 0.3) is 11.7 Å². The topological polar surface area (TPSA) is 80.0 Å². The van der Waals surface area contributed by atoms with Gasteiger partial charge in [-0.05, 0) is 49.6 Å². The van der Waals surface area contributed by atoms with Crippen LogP contribution < -0.4 is 4.74 Å². The van der Waals surface area contributed by atoms with Crippen LogP contribution in [0.4, 0.5) is 0 Å². The van der Waals surface area contributed by atoms with E-state index in [9.17, 15) is 14.7 Å². The van der Waals surface area contributed by atoms with Gasteiger partial charge in [-0.1, -0.05) is 13.0 Å². The molecule has 1 aliphatic rings. The molecule has 0 radical (unpaired) electrons. The summed E-state index contributed by atoms with van der Waals surface area (Å²) in [7, 11) is 1.51. The molecular formula is C21H23NO5. The number of aliphatic hydroxyl groups excluding tert-OH is 1. The lowest BCUT2D eigenvalue weighted by Crippen LogP contribution is -2.30. The van der Waals surface area contributed by atoms with Crippen LogP contribution >= 0.6 is 0 Å². The van der Waals surface area contributed by atoms with Gasteiger partial charge in [0.2, 0.25) is 0 Å². The third kappa shape index (κ3) is 3.12. The molecule has 1 atom stereocenters. The second-order valence-corrected chi connectivity index (χ2v) is 6.67. The zero-order valence-corrected chi connectivity index (χ0v) is 15.9. The Morgan fingerprint density at radius 3 is 2.63 bits per heavy atom. The molecule has 1 N–H and O–H groups in total. The van der Waals surface area contributed by atoms with Crippen molar-refractivity contribution < 1.29 is 23.8 Å². The van der Waals surface area contributed by atoms with Crippen LogP contribution in [-0.2, 0) is 9.59 Å². The molecule has 0 spiro atoms. The molecule has 6 heteroatoms. The predicted molar refractivity (Wildman–Crippen MR) is 100 cm³/mol. The second kappa shape index (κ2) is 7.31. The highest BCUT2D eigenvalue weighted by Crippen LogP contribution is 2.41. The van der Waals surface area contributed by atoms with Crippen LogP contribution in [0, 0.1) is 13.8 Å². The highest BCUT2D eigenvalue weighted by atomic mass is 16.5. The van der Waals surface area contributed by atoms with Crippen molar-refractivity contribution in [2.75, 3.05) is 13.7 Å². The Morgan fingerprint density at radius 2 is 2.04 bits per heavy atom. The SMILES string of the molecule is CCCN1C(=O)C(=O)/C(=C(\O)c2cc(C)cc(C)c2OC)C1c1ccco1. The second-order valence-electron chi connectivity index (χ2n) is 6.67. The Hall–Kier alpha value is -3.02. The number of rotatable bonds is 5. The third-order valence-electron chi connectivity index (χ3n) is 4.70.